The average Bonchev–Trinajstić information content (AvgIpc) is 2.65. The summed E-state index contributed by atoms with van der Waals surface area (Å²) in [6.07, 6.45) is 3.29. The summed E-state index contributed by atoms with van der Waals surface area (Å²) in [5, 5.41) is 0. The largest absolute Gasteiger partial charge is 0.385 e. The van der Waals surface area contributed by atoms with E-state index in [0.717, 1.165) is 32.4 Å². The number of fused-ring (bicyclic) bond motifs is 1. The molecule has 0 aliphatic heterocycles. The van der Waals surface area contributed by atoms with Gasteiger partial charge in [0.25, 0.3) is 0 Å². The Morgan fingerprint density at radius 3 is 2.33 bits per heavy atom. The Balaban J connectivity index is 2.14. The predicted molar refractivity (Wildman–Crippen MR) is 61.8 cm³/mol. The molecule has 1 aromatic rings. The topological polar surface area (TPSA) is 35.2 Å². The fourth-order valence-corrected chi connectivity index (χ4v) is 2.51. The van der Waals surface area contributed by atoms with Crippen LogP contribution in [-0.2, 0) is 17.6 Å². The first kappa shape index (κ1) is 10.7. The fraction of sp³-hybridized carbons (Fsp3) is 0.538. The quantitative estimate of drug-likeness (QED) is 0.813. The van der Waals surface area contributed by atoms with E-state index in [0.29, 0.717) is 0 Å². The van der Waals surface area contributed by atoms with Crippen molar-refractivity contribution in [2.24, 2.45) is 11.1 Å². The van der Waals surface area contributed by atoms with Gasteiger partial charge in [0.2, 0.25) is 0 Å². The number of methoxy groups -OCH3 is 1. The molecular weight excluding hydrogens is 186 g/mol. The minimum absolute atomic E-state index is 0.250. The summed E-state index contributed by atoms with van der Waals surface area (Å²) in [5.41, 5.74) is 9.13. The van der Waals surface area contributed by atoms with Crippen molar-refractivity contribution in [3.8, 4) is 0 Å². The minimum atomic E-state index is 0.250. The Labute approximate surface area is 91.4 Å². The first-order valence-corrected chi connectivity index (χ1v) is 5.55. The molecule has 0 saturated carbocycles. The second kappa shape index (κ2) is 4.33. The van der Waals surface area contributed by atoms with Crippen LogP contribution in [0.15, 0.2) is 24.3 Å². The highest BCUT2D eigenvalue weighted by atomic mass is 16.5. The van der Waals surface area contributed by atoms with E-state index in [1.54, 1.807) is 7.11 Å². The van der Waals surface area contributed by atoms with Crippen molar-refractivity contribution in [2.45, 2.75) is 19.3 Å². The van der Waals surface area contributed by atoms with Crippen LogP contribution in [0.5, 0.6) is 0 Å². The maximum atomic E-state index is 5.93. The Morgan fingerprint density at radius 2 is 1.87 bits per heavy atom. The maximum Gasteiger partial charge on any atom is 0.0468 e. The van der Waals surface area contributed by atoms with Crippen molar-refractivity contribution in [1.82, 2.24) is 0 Å². The molecule has 2 N–H and O–H groups in total. The summed E-state index contributed by atoms with van der Waals surface area (Å²) in [6.45, 7) is 1.57. The molecule has 82 valence electrons. The molecule has 0 radical (unpaired) electrons. The van der Waals surface area contributed by atoms with Gasteiger partial charge < -0.3 is 10.5 Å². The molecule has 0 saturated heterocycles. The van der Waals surface area contributed by atoms with E-state index in [9.17, 15) is 0 Å². The van der Waals surface area contributed by atoms with Crippen LogP contribution in [-0.4, -0.2) is 20.3 Å². The second-order valence-electron chi connectivity index (χ2n) is 4.57. The highest BCUT2D eigenvalue weighted by Gasteiger charge is 2.35. The fourth-order valence-electron chi connectivity index (χ4n) is 2.51. The maximum absolute atomic E-state index is 5.93. The molecule has 2 rings (SSSR count). The summed E-state index contributed by atoms with van der Waals surface area (Å²) in [6, 6.07) is 8.67. The zero-order valence-electron chi connectivity index (χ0n) is 9.33. The molecule has 1 aliphatic carbocycles. The SMILES string of the molecule is COCCC1(CN)Cc2ccccc2C1. The summed E-state index contributed by atoms with van der Waals surface area (Å²) in [4.78, 5) is 0. The van der Waals surface area contributed by atoms with E-state index >= 15 is 0 Å². The van der Waals surface area contributed by atoms with Crippen molar-refractivity contribution in [3.63, 3.8) is 0 Å². The van der Waals surface area contributed by atoms with Crippen molar-refractivity contribution in [3.05, 3.63) is 35.4 Å². The summed E-state index contributed by atoms with van der Waals surface area (Å²) >= 11 is 0. The molecular formula is C13H19NO. The van der Waals surface area contributed by atoms with Gasteiger partial charge in [-0.25, -0.2) is 0 Å². The number of hydrogen-bond donors (Lipinski definition) is 1. The lowest BCUT2D eigenvalue weighted by atomic mass is 9.82. The Morgan fingerprint density at radius 1 is 1.27 bits per heavy atom. The monoisotopic (exact) mass is 205 g/mol. The third-order valence-corrected chi connectivity index (χ3v) is 3.52. The molecule has 0 aromatic heterocycles. The van der Waals surface area contributed by atoms with Gasteiger partial charge in [-0.1, -0.05) is 24.3 Å². The van der Waals surface area contributed by atoms with Crippen LogP contribution in [0.3, 0.4) is 0 Å². The van der Waals surface area contributed by atoms with Crippen molar-refractivity contribution < 1.29 is 4.74 Å². The first-order chi connectivity index (χ1) is 7.29. The normalized spacial score (nSPS) is 17.7. The average molecular weight is 205 g/mol. The van der Waals surface area contributed by atoms with E-state index in [1.807, 2.05) is 0 Å². The zero-order chi connectivity index (χ0) is 10.7. The standard InChI is InChI=1S/C13H19NO/c1-15-7-6-13(10-14)8-11-4-2-3-5-12(11)9-13/h2-5H,6-10,14H2,1H3. The lowest BCUT2D eigenvalue weighted by Gasteiger charge is -2.26. The number of rotatable bonds is 4. The lowest BCUT2D eigenvalue weighted by Crippen LogP contribution is -2.32. The highest BCUT2D eigenvalue weighted by Crippen LogP contribution is 2.38. The molecule has 0 amide bonds. The van der Waals surface area contributed by atoms with E-state index in [4.69, 9.17) is 10.5 Å². The Kier molecular flexibility index (Phi) is 3.08. The number of benzene rings is 1. The molecule has 1 aliphatic rings. The van der Waals surface area contributed by atoms with Crippen molar-refractivity contribution in [1.29, 1.82) is 0 Å². The molecule has 0 heterocycles. The van der Waals surface area contributed by atoms with Crippen LogP contribution >= 0.6 is 0 Å². The Bertz CT molecular complexity index is 310. The van der Waals surface area contributed by atoms with Crippen LogP contribution in [0.25, 0.3) is 0 Å². The highest BCUT2D eigenvalue weighted by molar-refractivity contribution is 5.34. The van der Waals surface area contributed by atoms with Crippen LogP contribution in [0, 0.1) is 5.41 Å². The zero-order valence-corrected chi connectivity index (χ0v) is 9.33. The smallest absolute Gasteiger partial charge is 0.0468 e. The van der Waals surface area contributed by atoms with Gasteiger partial charge in [0.05, 0.1) is 0 Å². The van der Waals surface area contributed by atoms with Crippen LogP contribution < -0.4 is 5.73 Å². The molecule has 0 fully saturated rings. The van der Waals surface area contributed by atoms with E-state index in [-0.39, 0.29) is 5.41 Å². The third-order valence-electron chi connectivity index (χ3n) is 3.52. The van der Waals surface area contributed by atoms with Gasteiger partial charge in [-0.15, -0.1) is 0 Å². The Hall–Kier alpha value is -0.860. The van der Waals surface area contributed by atoms with Gasteiger partial charge in [-0.3, -0.25) is 0 Å². The second-order valence-corrected chi connectivity index (χ2v) is 4.57. The van der Waals surface area contributed by atoms with E-state index in [2.05, 4.69) is 24.3 Å². The molecule has 0 bridgehead atoms. The first-order valence-electron chi connectivity index (χ1n) is 5.55. The summed E-state index contributed by atoms with van der Waals surface area (Å²) in [5.74, 6) is 0. The van der Waals surface area contributed by atoms with Crippen LogP contribution in [0.2, 0.25) is 0 Å². The van der Waals surface area contributed by atoms with Gasteiger partial charge >= 0.3 is 0 Å². The van der Waals surface area contributed by atoms with Gasteiger partial charge in [-0.2, -0.15) is 0 Å². The molecule has 0 unspecified atom stereocenters. The van der Waals surface area contributed by atoms with Gasteiger partial charge in [0, 0.05) is 13.7 Å². The molecule has 2 heteroatoms. The third kappa shape index (κ3) is 2.06. The minimum Gasteiger partial charge on any atom is -0.385 e. The van der Waals surface area contributed by atoms with Crippen LogP contribution in [0.1, 0.15) is 17.5 Å². The number of nitrogens with two attached hydrogens (primary N) is 1. The summed E-state index contributed by atoms with van der Waals surface area (Å²) < 4.78 is 5.17. The molecule has 0 spiro atoms. The van der Waals surface area contributed by atoms with Crippen molar-refractivity contribution in [2.75, 3.05) is 20.3 Å². The van der Waals surface area contributed by atoms with E-state index in [1.165, 1.54) is 11.1 Å². The molecule has 2 nitrogen and oxygen atoms in total. The van der Waals surface area contributed by atoms with Crippen LogP contribution in [0.4, 0.5) is 0 Å². The summed E-state index contributed by atoms with van der Waals surface area (Å²) in [7, 11) is 1.76. The molecule has 15 heavy (non-hydrogen) atoms. The lowest BCUT2D eigenvalue weighted by molar-refractivity contribution is 0.143. The van der Waals surface area contributed by atoms with Crippen molar-refractivity contribution >= 4 is 0 Å². The number of ether oxygens (including phenoxy) is 1. The number of hydrogen-bond acceptors (Lipinski definition) is 2. The van der Waals surface area contributed by atoms with Gasteiger partial charge in [0.15, 0.2) is 0 Å². The molecule has 1 aromatic carbocycles. The van der Waals surface area contributed by atoms with E-state index < -0.39 is 0 Å². The van der Waals surface area contributed by atoms with Gasteiger partial charge in [-0.05, 0) is 42.3 Å². The molecule has 0 atom stereocenters. The van der Waals surface area contributed by atoms with Gasteiger partial charge in [0.1, 0.15) is 0 Å². The predicted octanol–water partition coefficient (Wildman–Crippen LogP) is 1.77.